The summed E-state index contributed by atoms with van der Waals surface area (Å²) >= 11 is 0. The molecule has 0 spiro atoms. The summed E-state index contributed by atoms with van der Waals surface area (Å²) in [6.07, 6.45) is 5.24. The van der Waals surface area contributed by atoms with Crippen LogP contribution in [0.1, 0.15) is 0 Å². The first kappa shape index (κ1) is 23.2. The van der Waals surface area contributed by atoms with Crippen molar-refractivity contribution >= 4 is 150 Å². The van der Waals surface area contributed by atoms with Gasteiger partial charge in [0, 0.05) is 0 Å². The Morgan fingerprint density at radius 1 is 0.545 bits per heavy atom. The SMILES string of the molecule is BB(B)B(B)B(/N=B/B(B(B)B)B(B)B)B(B(B)B)B(B)B. The van der Waals surface area contributed by atoms with Crippen LogP contribution in [0, 0.1) is 0 Å². The molecule has 0 aliphatic rings. The average molecular weight is 263 g/mol. The van der Waals surface area contributed by atoms with Gasteiger partial charge in [0.2, 0.25) is 0 Å². The van der Waals surface area contributed by atoms with E-state index in [9.17, 15) is 0 Å². The molecular formula is H22B21N. The zero-order valence-electron chi connectivity index (χ0n) is 17.2. The van der Waals surface area contributed by atoms with E-state index in [0.29, 0.717) is 57.7 Å². The molecule has 0 amide bonds. The van der Waals surface area contributed by atoms with E-state index in [4.69, 9.17) is 4.81 Å². The van der Waals surface area contributed by atoms with Gasteiger partial charge >= 0.3 is 155 Å². The van der Waals surface area contributed by atoms with E-state index in [2.05, 4.69) is 92.1 Å². The molecule has 0 fully saturated rings. The van der Waals surface area contributed by atoms with E-state index in [1.165, 1.54) is 0 Å². The molecule has 0 N–H and O–H groups in total. The third-order valence-electron chi connectivity index (χ3n) is 5.49. The van der Waals surface area contributed by atoms with Crippen molar-refractivity contribution in [2.75, 3.05) is 0 Å². The van der Waals surface area contributed by atoms with Gasteiger partial charge in [-0.15, -0.1) is 0 Å². The Hall–Kier alpha value is 1.16. The Labute approximate surface area is 154 Å². The second kappa shape index (κ2) is 10.9. The van der Waals surface area contributed by atoms with E-state index in [1.807, 2.05) is 0 Å². The first-order chi connectivity index (χ1) is 10.0. The van der Waals surface area contributed by atoms with Crippen LogP contribution in [-0.4, -0.2) is 150 Å². The second-order valence-electron chi connectivity index (χ2n) is 9.02. The van der Waals surface area contributed by atoms with Gasteiger partial charge in [0.15, 0.2) is 0 Å². The van der Waals surface area contributed by atoms with Gasteiger partial charge in [0.05, 0.1) is 0 Å². The normalized spacial score (nSPS) is 9.45. The van der Waals surface area contributed by atoms with Gasteiger partial charge in [-0.3, -0.25) is 0 Å². The first-order valence-electron chi connectivity index (χ1n) is 9.53. The van der Waals surface area contributed by atoms with Crippen molar-refractivity contribution in [2.45, 2.75) is 0 Å². The summed E-state index contributed by atoms with van der Waals surface area (Å²) < 4.78 is 0. The monoisotopic (exact) mass is 267 g/mol. The van der Waals surface area contributed by atoms with Gasteiger partial charge in [-0.2, -0.15) is 0 Å². The van der Waals surface area contributed by atoms with Crippen LogP contribution < -0.4 is 0 Å². The Morgan fingerprint density at radius 2 is 0.955 bits per heavy atom. The molecule has 0 rings (SSSR count). The van der Waals surface area contributed by atoms with Gasteiger partial charge in [0.1, 0.15) is 0 Å². The van der Waals surface area contributed by atoms with Gasteiger partial charge < -0.3 is 0 Å². The third kappa shape index (κ3) is 7.37. The summed E-state index contributed by atoms with van der Waals surface area (Å²) in [5.74, 6) is 0. The summed E-state index contributed by atoms with van der Waals surface area (Å²) in [6.45, 7) is 2.75. The second-order valence-corrected chi connectivity index (χ2v) is 9.02. The predicted octanol–water partition coefficient (Wildman–Crippen LogP) is -13.7. The van der Waals surface area contributed by atoms with Gasteiger partial charge in [-0.25, -0.2) is 0 Å². The van der Waals surface area contributed by atoms with Crippen LogP contribution in [0.4, 0.5) is 0 Å². The summed E-state index contributed by atoms with van der Waals surface area (Å²) in [6, 6.07) is 0. The van der Waals surface area contributed by atoms with Crippen molar-refractivity contribution in [1.29, 1.82) is 0 Å². The van der Waals surface area contributed by atoms with E-state index >= 15 is 0 Å². The van der Waals surface area contributed by atoms with Crippen LogP contribution >= 0.6 is 0 Å². The Bertz CT molecular complexity index is 296. The molecular weight excluding hydrogens is 241 g/mol. The number of hydrogen-bond acceptors (Lipinski definition) is 1. The molecule has 1 nitrogen and oxygen atoms in total. The summed E-state index contributed by atoms with van der Waals surface area (Å²) in [4.78, 5) is 5.21. The first-order valence-corrected chi connectivity index (χ1v) is 9.53. The fourth-order valence-corrected chi connectivity index (χ4v) is 3.85. The summed E-state index contributed by atoms with van der Waals surface area (Å²) in [5.41, 5.74) is 0. The maximum atomic E-state index is 5.21. The quantitative estimate of drug-likeness (QED) is 0.366. The molecule has 0 radical (unpaired) electrons. The van der Waals surface area contributed by atoms with Crippen molar-refractivity contribution in [3.05, 3.63) is 0 Å². The van der Waals surface area contributed by atoms with Crippen molar-refractivity contribution in [2.24, 2.45) is 4.81 Å². The fraction of sp³-hybridized carbons (Fsp3) is 0. The van der Waals surface area contributed by atoms with Crippen molar-refractivity contribution in [3.8, 4) is 0 Å². The topological polar surface area (TPSA) is 12.4 Å². The van der Waals surface area contributed by atoms with Crippen molar-refractivity contribution in [1.82, 2.24) is 0 Å². The zero-order valence-corrected chi connectivity index (χ0v) is 17.2. The Morgan fingerprint density at radius 3 is 1.23 bits per heavy atom. The molecule has 0 aliphatic heterocycles. The van der Waals surface area contributed by atoms with Crippen LogP contribution in [0.3, 0.4) is 0 Å². The molecule has 0 saturated carbocycles. The van der Waals surface area contributed by atoms with Crippen molar-refractivity contribution in [3.63, 3.8) is 0 Å². The fourth-order valence-electron chi connectivity index (χ4n) is 3.85. The maximum absolute atomic E-state index is 5.21. The number of hydrogen-bond donors (Lipinski definition) is 0. The molecule has 0 atom stereocenters. The molecule has 0 heterocycles. The van der Waals surface area contributed by atoms with Crippen molar-refractivity contribution < 1.29 is 0 Å². The summed E-state index contributed by atoms with van der Waals surface area (Å²) in [7, 11) is 25.8. The van der Waals surface area contributed by atoms with Crippen LogP contribution in [0.15, 0.2) is 4.81 Å². The molecule has 0 aromatic heterocycles. The number of nitrogens with zero attached hydrogens (tertiary/aromatic N) is 1. The third-order valence-corrected chi connectivity index (χ3v) is 5.49. The minimum atomic E-state index is 0.444. The standard InChI is InChI=1S/B21H22N/c1-13(2)18(11)21(20(16(7)8)17(9)10)22-12-19(14(3)4)15(5)6/h1-11H2. The predicted molar refractivity (Wildman–Crippen MR) is 154 cm³/mol. The Balaban J connectivity index is 5.49. The van der Waals surface area contributed by atoms with Gasteiger partial charge in [0.25, 0.3) is 0 Å². The van der Waals surface area contributed by atoms with Gasteiger partial charge in [-0.1, -0.05) is 0 Å². The van der Waals surface area contributed by atoms with Crippen LogP contribution in [0.2, 0.25) is 0 Å². The van der Waals surface area contributed by atoms with Crippen LogP contribution in [0.25, 0.3) is 0 Å². The van der Waals surface area contributed by atoms with Crippen LogP contribution in [0.5, 0.6) is 0 Å². The average Bonchev–Trinajstić information content (AvgIpc) is 2.34. The molecule has 90 valence electrons. The molecule has 0 aliphatic carbocycles. The van der Waals surface area contributed by atoms with E-state index in [0.717, 1.165) is 0 Å². The molecule has 0 aromatic rings. The zero-order chi connectivity index (χ0) is 17.6. The van der Waals surface area contributed by atoms with E-state index in [-0.39, 0.29) is 0 Å². The number of rotatable bonds is 9. The molecule has 0 saturated heterocycles. The molecule has 22 heteroatoms. The Kier molecular flexibility index (Phi) is 11.5. The summed E-state index contributed by atoms with van der Waals surface area (Å²) in [5, 5.41) is 0. The minimum absolute atomic E-state index is 0.444. The van der Waals surface area contributed by atoms with Gasteiger partial charge in [-0.05, 0) is 0 Å². The molecule has 0 aromatic carbocycles. The molecule has 22 heavy (non-hydrogen) atoms. The molecule has 0 unspecified atom stereocenters. The van der Waals surface area contributed by atoms with Crippen LogP contribution in [-0.2, 0) is 0 Å². The van der Waals surface area contributed by atoms with E-state index in [1.54, 1.807) is 0 Å². The van der Waals surface area contributed by atoms with E-state index < -0.39 is 0 Å². The molecule has 0 bridgehead atoms.